The van der Waals surface area contributed by atoms with Crippen LogP contribution in [0.4, 0.5) is 0 Å². The molecule has 3 rings (SSSR count). The van der Waals surface area contributed by atoms with Crippen molar-refractivity contribution in [3.8, 4) is 0 Å². The molecule has 1 N–H and O–H groups in total. The van der Waals surface area contributed by atoms with Crippen molar-refractivity contribution in [1.82, 2.24) is 14.5 Å². The molecule has 0 bridgehead atoms. The third-order valence-corrected chi connectivity index (χ3v) is 7.11. The maximum absolute atomic E-state index is 13.1. The highest BCUT2D eigenvalue weighted by molar-refractivity contribution is 7.89. The number of nitrogens with one attached hydrogen (secondary N) is 1. The van der Waals surface area contributed by atoms with Crippen molar-refractivity contribution in [2.45, 2.75) is 12.8 Å². The number of hydrogen-bond acceptors (Lipinski definition) is 4. The van der Waals surface area contributed by atoms with Crippen LogP contribution in [0, 0.1) is 0 Å². The topological polar surface area (TPSA) is 69.7 Å². The van der Waals surface area contributed by atoms with Gasteiger partial charge < -0.3 is 10.2 Å². The molecule has 29 heavy (non-hydrogen) atoms. The third-order valence-electron chi connectivity index (χ3n) is 5.26. The Morgan fingerprint density at radius 3 is 2.24 bits per heavy atom. The highest BCUT2D eigenvalue weighted by atomic mass is 32.2. The molecule has 0 spiro atoms. The minimum Gasteiger partial charge on any atom is -0.337 e. The van der Waals surface area contributed by atoms with E-state index in [1.54, 1.807) is 17.0 Å². The lowest BCUT2D eigenvalue weighted by Gasteiger charge is -2.30. The fourth-order valence-corrected chi connectivity index (χ4v) is 4.98. The average Bonchev–Trinajstić information content (AvgIpc) is 2.78. The van der Waals surface area contributed by atoms with E-state index in [1.807, 2.05) is 48.5 Å². The highest BCUT2D eigenvalue weighted by Crippen LogP contribution is 2.18. The monoisotopic (exact) mass is 415 g/mol. The SMILES string of the molecule is C[C@H](CN(CCS(=O)(=O)N1CCNCC1)C(=O)c1ccccc1)c1ccccc1. The predicted octanol–water partition coefficient (Wildman–Crippen LogP) is 2.17. The van der Waals surface area contributed by atoms with E-state index in [2.05, 4.69) is 12.2 Å². The van der Waals surface area contributed by atoms with Crippen molar-refractivity contribution in [2.24, 2.45) is 0 Å². The van der Waals surface area contributed by atoms with Crippen LogP contribution in [0.1, 0.15) is 28.8 Å². The number of carbonyl (C=O) groups excluding carboxylic acids is 1. The van der Waals surface area contributed by atoms with Gasteiger partial charge >= 0.3 is 0 Å². The second kappa shape index (κ2) is 10.0. The number of rotatable bonds is 8. The van der Waals surface area contributed by atoms with Gasteiger partial charge in [0.15, 0.2) is 0 Å². The van der Waals surface area contributed by atoms with Crippen molar-refractivity contribution in [3.05, 3.63) is 71.8 Å². The Bertz CT molecular complexity index is 882. The number of piperazine rings is 1. The maximum Gasteiger partial charge on any atom is 0.253 e. The zero-order valence-electron chi connectivity index (χ0n) is 16.8. The van der Waals surface area contributed by atoms with E-state index in [4.69, 9.17) is 0 Å². The Morgan fingerprint density at radius 2 is 1.62 bits per heavy atom. The van der Waals surface area contributed by atoms with Gasteiger partial charge in [-0.15, -0.1) is 0 Å². The summed E-state index contributed by atoms with van der Waals surface area (Å²) >= 11 is 0. The van der Waals surface area contributed by atoms with E-state index in [0.717, 1.165) is 5.56 Å². The number of benzene rings is 2. The summed E-state index contributed by atoms with van der Waals surface area (Å²) in [5.74, 6) is -0.0952. The summed E-state index contributed by atoms with van der Waals surface area (Å²) in [5, 5.41) is 3.17. The van der Waals surface area contributed by atoms with Gasteiger partial charge in [0.05, 0.1) is 5.75 Å². The van der Waals surface area contributed by atoms with Gasteiger partial charge in [0.2, 0.25) is 10.0 Å². The van der Waals surface area contributed by atoms with Crippen LogP contribution in [-0.4, -0.2) is 68.6 Å². The van der Waals surface area contributed by atoms with Gasteiger partial charge in [-0.25, -0.2) is 8.42 Å². The number of carbonyl (C=O) groups is 1. The Labute approximate surface area is 173 Å². The second-order valence-electron chi connectivity index (χ2n) is 7.39. The van der Waals surface area contributed by atoms with Crippen molar-refractivity contribution in [2.75, 3.05) is 45.0 Å². The van der Waals surface area contributed by atoms with Crippen molar-refractivity contribution >= 4 is 15.9 Å². The molecule has 1 aliphatic heterocycles. The molecule has 6 nitrogen and oxygen atoms in total. The quantitative estimate of drug-likeness (QED) is 0.717. The molecular formula is C22H29N3O3S. The van der Waals surface area contributed by atoms with Crippen LogP contribution < -0.4 is 5.32 Å². The molecule has 156 valence electrons. The Balaban J connectivity index is 1.74. The second-order valence-corrected chi connectivity index (χ2v) is 9.48. The number of hydrogen-bond donors (Lipinski definition) is 1. The summed E-state index contributed by atoms with van der Waals surface area (Å²) in [7, 11) is -3.40. The van der Waals surface area contributed by atoms with E-state index in [0.29, 0.717) is 38.3 Å². The Morgan fingerprint density at radius 1 is 1.03 bits per heavy atom. The Hall–Kier alpha value is -2.22. The molecule has 0 unspecified atom stereocenters. The van der Waals surface area contributed by atoms with Crippen LogP contribution in [0.3, 0.4) is 0 Å². The van der Waals surface area contributed by atoms with E-state index in [9.17, 15) is 13.2 Å². The zero-order valence-corrected chi connectivity index (χ0v) is 17.6. The molecule has 2 aromatic carbocycles. The Kier molecular flexibility index (Phi) is 7.41. The van der Waals surface area contributed by atoms with Crippen LogP contribution in [-0.2, 0) is 10.0 Å². The zero-order chi connectivity index (χ0) is 20.7. The van der Waals surface area contributed by atoms with Gasteiger partial charge in [0, 0.05) is 44.8 Å². The van der Waals surface area contributed by atoms with Gasteiger partial charge in [-0.1, -0.05) is 55.5 Å². The predicted molar refractivity (Wildman–Crippen MR) is 115 cm³/mol. The minimum atomic E-state index is -3.40. The lowest BCUT2D eigenvalue weighted by Crippen LogP contribution is -2.48. The van der Waals surface area contributed by atoms with Crippen molar-refractivity contribution < 1.29 is 13.2 Å². The molecule has 2 aromatic rings. The normalized spacial score (nSPS) is 16.3. The van der Waals surface area contributed by atoms with Crippen molar-refractivity contribution in [1.29, 1.82) is 0 Å². The minimum absolute atomic E-state index is 0.0624. The maximum atomic E-state index is 13.1. The largest absolute Gasteiger partial charge is 0.337 e. The van der Waals surface area contributed by atoms with Gasteiger partial charge in [-0.3, -0.25) is 4.79 Å². The first-order valence-electron chi connectivity index (χ1n) is 10.0. The molecule has 1 fully saturated rings. The fourth-order valence-electron chi connectivity index (χ4n) is 3.53. The van der Waals surface area contributed by atoms with Crippen LogP contribution in [0.2, 0.25) is 0 Å². The summed E-state index contributed by atoms with van der Waals surface area (Å²) in [6.07, 6.45) is 0. The molecule has 1 heterocycles. The summed E-state index contributed by atoms with van der Waals surface area (Å²) < 4.78 is 27.1. The van der Waals surface area contributed by atoms with Crippen LogP contribution >= 0.6 is 0 Å². The molecule has 1 amide bonds. The molecule has 7 heteroatoms. The first-order chi connectivity index (χ1) is 14.0. The van der Waals surface area contributed by atoms with Gasteiger partial charge in [0.25, 0.3) is 5.91 Å². The fraction of sp³-hybridized carbons (Fsp3) is 0.409. The highest BCUT2D eigenvalue weighted by Gasteiger charge is 2.26. The molecule has 1 atom stereocenters. The molecule has 1 aliphatic rings. The molecule has 0 aromatic heterocycles. The smallest absolute Gasteiger partial charge is 0.253 e. The van der Waals surface area contributed by atoms with E-state index < -0.39 is 10.0 Å². The first kappa shape index (κ1) is 21.5. The lowest BCUT2D eigenvalue weighted by molar-refractivity contribution is 0.0757. The lowest BCUT2D eigenvalue weighted by atomic mass is 10.0. The summed E-state index contributed by atoms with van der Waals surface area (Å²) in [6, 6.07) is 19.0. The molecule has 0 aliphatic carbocycles. The van der Waals surface area contributed by atoms with Gasteiger partial charge in [-0.2, -0.15) is 4.31 Å². The molecule has 0 radical (unpaired) electrons. The van der Waals surface area contributed by atoms with Crippen LogP contribution in [0.15, 0.2) is 60.7 Å². The first-order valence-corrected chi connectivity index (χ1v) is 11.7. The standard InChI is InChI=1S/C22H29N3O3S/c1-19(20-8-4-2-5-9-20)18-24(22(26)21-10-6-3-7-11-21)16-17-29(27,28)25-14-12-23-13-15-25/h2-11,19,23H,12-18H2,1H3/t19-/m1/s1. The number of amides is 1. The van der Waals surface area contributed by atoms with Gasteiger partial charge in [0.1, 0.15) is 0 Å². The summed E-state index contributed by atoms with van der Waals surface area (Å²) in [6.45, 7) is 5.00. The molecular weight excluding hydrogens is 386 g/mol. The van der Waals surface area contributed by atoms with E-state index in [-0.39, 0.29) is 24.1 Å². The summed E-state index contributed by atoms with van der Waals surface area (Å²) in [4.78, 5) is 14.8. The van der Waals surface area contributed by atoms with Crippen LogP contribution in [0.25, 0.3) is 0 Å². The van der Waals surface area contributed by atoms with Gasteiger partial charge in [-0.05, 0) is 23.6 Å². The molecule has 0 saturated carbocycles. The van der Waals surface area contributed by atoms with E-state index >= 15 is 0 Å². The number of sulfonamides is 1. The van der Waals surface area contributed by atoms with Crippen molar-refractivity contribution in [3.63, 3.8) is 0 Å². The van der Waals surface area contributed by atoms with Crippen LogP contribution in [0.5, 0.6) is 0 Å². The van der Waals surface area contributed by atoms with E-state index in [1.165, 1.54) is 4.31 Å². The molecule has 1 saturated heterocycles. The third kappa shape index (κ3) is 5.88. The number of nitrogens with zero attached hydrogens (tertiary/aromatic N) is 2. The average molecular weight is 416 g/mol. The summed E-state index contributed by atoms with van der Waals surface area (Å²) in [5.41, 5.74) is 1.70.